The molecule has 32 heavy (non-hydrogen) atoms. The topological polar surface area (TPSA) is 119 Å². The molecule has 0 heterocycles. The van der Waals surface area contributed by atoms with Crippen LogP contribution in [0, 0.1) is 6.92 Å². The van der Waals surface area contributed by atoms with Crippen LogP contribution in [0.4, 0.5) is 11.4 Å². The number of sulfonamides is 1. The number of hydrogen-bond donors (Lipinski definition) is 2. The van der Waals surface area contributed by atoms with Crippen LogP contribution in [0.1, 0.15) is 26.3 Å². The first-order chi connectivity index (χ1) is 15.1. The molecule has 0 radical (unpaired) electrons. The molecule has 2 amide bonds. The van der Waals surface area contributed by atoms with Crippen molar-refractivity contribution in [1.29, 1.82) is 0 Å². The Bertz CT molecular complexity index is 1250. The molecule has 9 heteroatoms. The number of nitrogens with one attached hydrogen (secondary N) is 1. The standard InChI is InChI=1S/C23H23N3O5S/c1-15-20(22(24)27)5-4-6-21(15)25-23(28)16-7-9-17(10-8-16)26(2)32(29,30)19-13-11-18(31-3)12-14-19/h4-14H,1-3H3,(H2,24,27)(H,25,28). The minimum atomic E-state index is -3.78. The van der Waals surface area contributed by atoms with Gasteiger partial charge in [0.25, 0.3) is 15.9 Å². The number of anilines is 2. The van der Waals surface area contributed by atoms with Crippen molar-refractivity contribution < 1.29 is 22.7 Å². The van der Waals surface area contributed by atoms with Gasteiger partial charge >= 0.3 is 0 Å². The zero-order valence-electron chi connectivity index (χ0n) is 17.8. The predicted molar refractivity (Wildman–Crippen MR) is 123 cm³/mol. The van der Waals surface area contributed by atoms with Gasteiger partial charge in [-0.15, -0.1) is 0 Å². The van der Waals surface area contributed by atoms with Gasteiger partial charge in [0.2, 0.25) is 5.91 Å². The smallest absolute Gasteiger partial charge is 0.264 e. The number of benzene rings is 3. The van der Waals surface area contributed by atoms with E-state index in [0.717, 1.165) is 4.31 Å². The summed E-state index contributed by atoms with van der Waals surface area (Å²) in [5.41, 5.74) is 7.42. The van der Waals surface area contributed by atoms with Crippen LogP contribution in [-0.2, 0) is 10.0 Å². The maximum Gasteiger partial charge on any atom is 0.264 e. The monoisotopic (exact) mass is 453 g/mol. The molecule has 0 aliphatic carbocycles. The van der Waals surface area contributed by atoms with Crippen LogP contribution in [0.15, 0.2) is 71.6 Å². The summed E-state index contributed by atoms with van der Waals surface area (Å²) in [4.78, 5) is 24.3. The number of carbonyl (C=O) groups is 2. The predicted octanol–water partition coefficient (Wildman–Crippen LogP) is 3.18. The molecule has 3 rings (SSSR count). The number of amides is 2. The Labute approximate surface area is 186 Å². The van der Waals surface area contributed by atoms with E-state index in [-0.39, 0.29) is 4.90 Å². The van der Waals surface area contributed by atoms with Crippen molar-refractivity contribution in [3.63, 3.8) is 0 Å². The van der Waals surface area contributed by atoms with Gasteiger partial charge in [-0.05, 0) is 73.2 Å². The Morgan fingerprint density at radius 2 is 1.59 bits per heavy atom. The van der Waals surface area contributed by atoms with Crippen molar-refractivity contribution in [2.75, 3.05) is 23.8 Å². The second-order valence-corrected chi connectivity index (χ2v) is 8.96. The Morgan fingerprint density at radius 1 is 0.969 bits per heavy atom. The SMILES string of the molecule is COc1ccc(S(=O)(=O)N(C)c2ccc(C(=O)Nc3cccc(C(N)=O)c3C)cc2)cc1. The van der Waals surface area contributed by atoms with Gasteiger partial charge in [-0.1, -0.05) is 6.07 Å². The minimum absolute atomic E-state index is 0.118. The summed E-state index contributed by atoms with van der Waals surface area (Å²) in [7, 11) is -0.843. The highest BCUT2D eigenvalue weighted by atomic mass is 32.2. The van der Waals surface area contributed by atoms with Crippen molar-refractivity contribution >= 4 is 33.2 Å². The van der Waals surface area contributed by atoms with E-state index in [9.17, 15) is 18.0 Å². The van der Waals surface area contributed by atoms with Gasteiger partial charge in [-0.25, -0.2) is 8.42 Å². The van der Waals surface area contributed by atoms with E-state index in [1.165, 1.54) is 38.4 Å². The average Bonchev–Trinajstić information content (AvgIpc) is 2.79. The summed E-state index contributed by atoms with van der Waals surface area (Å²) in [6, 6.07) is 17.1. The lowest BCUT2D eigenvalue weighted by Gasteiger charge is -2.20. The van der Waals surface area contributed by atoms with Crippen molar-refractivity contribution in [1.82, 2.24) is 0 Å². The summed E-state index contributed by atoms with van der Waals surface area (Å²) in [5, 5.41) is 2.75. The van der Waals surface area contributed by atoms with Gasteiger partial charge in [0.05, 0.1) is 17.7 Å². The molecule has 3 aromatic rings. The summed E-state index contributed by atoms with van der Waals surface area (Å²) in [6.07, 6.45) is 0. The summed E-state index contributed by atoms with van der Waals surface area (Å²) >= 11 is 0. The van der Waals surface area contributed by atoms with Gasteiger partial charge in [0.15, 0.2) is 0 Å². The number of hydrogen-bond acceptors (Lipinski definition) is 5. The molecule has 0 spiro atoms. The largest absolute Gasteiger partial charge is 0.497 e. The van der Waals surface area contributed by atoms with Crippen LogP contribution >= 0.6 is 0 Å². The zero-order chi connectivity index (χ0) is 23.5. The van der Waals surface area contributed by atoms with Gasteiger partial charge in [0.1, 0.15) is 5.75 Å². The average molecular weight is 454 g/mol. The Morgan fingerprint density at radius 3 is 2.16 bits per heavy atom. The van der Waals surface area contributed by atoms with E-state index >= 15 is 0 Å². The summed E-state index contributed by atoms with van der Waals surface area (Å²) in [5.74, 6) is -0.426. The number of rotatable bonds is 7. The first kappa shape index (κ1) is 22.8. The molecule has 166 valence electrons. The van der Waals surface area contributed by atoms with E-state index in [0.29, 0.717) is 33.8 Å². The highest BCUT2D eigenvalue weighted by Gasteiger charge is 2.21. The third kappa shape index (κ3) is 4.57. The van der Waals surface area contributed by atoms with Crippen molar-refractivity contribution in [2.45, 2.75) is 11.8 Å². The second kappa shape index (κ2) is 9.11. The van der Waals surface area contributed by atoms with Gasteiger partial charge in [-0.2, -0.15) is 0 Å². The normalized spacial score (nSPS) is 11.0. The molecule has 0 aliphatic rings. The van der Waals surface area contributed by atoms with E-state index in [1.54, 1.807) is 49.4 Å². The fourth-order valence-electron chi connectivity index (χ4n) is 3.10. The highest BCUT2D eigenvalue weighted by molar-refractivity contribution is 7.92. The van der Waals surface area contributed by atoms with Gasteiger partial charge < -0.3 is 15.8 Å². The fraction of sp³-hybridized carbons (Fsp3) is 0.130. The molecule has 0 saturated carbocycles. The molecule has 0 aromatic heterocycles. The third-order valence-corrected chi connectivity index (χ3v) is 6.86. The molecular weight excluding hydrogens is 430 g/mol. The first-order valence-electron chi connectivity index (χ1n) is 9.59. The van der Waals surface area contributed by atoms with Crippen molar-refractivity contribution in [2.24, 2.45) is 5.73 Å². The number of nitrogens with two attached hydrogens (primary N) is 1. The Hall–Kier alpha value is -3.85. The summed E-state index contributed by atoms with van der Waals surface area (Å²) < 4.78 is 32.0. The van der Waals surface area contributed by atoms with E-state index in [1.807, 2.05) is 0 Å². The maximum atomic E-state index is 12.9. The third-order valence-electron chi connectivity index (χ3n) is 5.06. The fourth-order valence-corrected chi connectivity index (χ4v) is 4.30. The number of methoxy groups -OCH3 is 1. The van der Waals surface area contributed by atoms with Crippen molar-refractivity contribution in [3.05, 3.63) is 83.4 Å². The minimum Gasteiger partial charge on any atom is -0.497 e. The number of carbonyl (C=O) groups excluding carboxylic acids is 2. The molecule has 0 fully saturated rings. The van der Waals surface area contributed by atoms with Crippen LogP contribution in [0.3, 0.4) is 0 Å². The number of ether oxygens (including phenoxy) is 1. The van der Waals surface area contributed by atoms with Crippen LogP contribution in [0.2, 0.25) is 0 Å². The molecule has 3 N–H and O–H groups in total. The molecule has 0 saturated heterocycles. The van der Waals surface area contributed by atoms with Crippen LogP contribution < -0.4 is 20.1 Å². The van der Waals surface area contributed by atoms with E-state index < -0.39 is 21.8 Å². The number of primary amides is 1. The molecule has 8 nitrogen and oxygen atoms in total. The Balaban J connectivity index is 1.79. The molecule has 3 aromatic carbocycles. The van der Waals surface area contributed by atoms with Crippen LogP contribution in [0.5, 0.6) is 5.75 Å². The lowest BCUT2D eigenvalue weighted by Crippen LogP contribution is -2.26. The number of nitrogens with zero attached hydrogens (tertiary/aromatic N) is 1. The molecule has 0 unspecified atom stereocenters. The summed E-state index contributed by atoms with van der Waals surface area (Å²) in [6.45, 7) is 1.69. The van der Waals surface area contributed by atoms with Gasteiger partial charge in [-0.3, -0.25) is 13.9 Å². The van der Waals surface area contributed by atoms with Crippen molar-refractivity contribution in [3.8, 4) is 5.75 Å². The van der Waals surface area contributed by atoms with E-state index in [2.05, 4.69) is 5.32 Å². The highest BCUT2D eigenvalue weighted by Crippen LogP contribution is 2.25. The molecular formula is C23H23N3O5S. The lowest BCUT2D eigenvalue weighted by molar-refractivity contribution is 0.0995. The van der Waals surface area contributed by atoms with Crippen LogP contribution in [-0.4, -0.2) is 34.4 Å². The quantitative estimate of drug-likeness (QED) is 0.570. The van der Waals surface area contributed by atoms with Crippen LogP contribution in [0.25, 0.3) is 0 Å². The first-order valence-corrected chi connectivity index (χ1v) is 11.0. The van der Waals surface area contributed by atoms with Gasteiger partial charge in [0, 0.05) is 23.9 Å². The maximum absolute atomic E-state index is 12.9. The lowest BCUT2D eigenvalue weighted by atomic mass is 10.1. The Kier molecular flexibility index (Phi) is 6.50. The molecule has 0 aliphatic heterocycles. The zero-order valence-corrected chi connectivity index (χ0v) is 18.6. The van der Waals surface area contributed by atoms with E-state index in [4.69, 9.17) is 10.5 Å². The second-order valence-electron chi connectivity index (χ2n) is 6.99. The molecule has 0 atom stereocenters. The molecule has 0 bridgehead atoms.